The van der Waals surface area contributed by atoms with Crippen molar-refractivity contribution >= 4 is 22.1 Å². The lowest BCUT2D eigenvalue weighted by Crippen LogP contribution is -2.35. The van der Waals surface area contributed by atoms with Crippen molar-refractivity contribution in [1.82, 2.24) is 29.7 Å². The average Bonchev–Trinajstić information content (AvgIpc) is 3.32. The Hall–Kier alpha value is -2.70. The molecule has 4 rings (SSSR count). The molecule has 0 bridgehead atoms. The molecule has 0 atom stereocenters. The second-order valence-corrected chi connectivity index (χ2v) is 7.14. The molecule has 0 unspecified atom stereocenters. The third-order valence-electron chi connectivity index (χ3n) is 5.25. The molecule has 0 amide bonds. The second kappa shape index (κ2) is 8.54. The maximum atomic E-state index is 4.71. The highest BCUT2D eigenvalue weighted by Crippen LogP contribution is 2.13. The molecule has 6 nitrogen and oxygen atoms in total. The van der Waals surface area contributed by atoms with Gasteiger partial charge in [0.15, 0.2) is 0 Å². The Morgan fingerprint density at radius 3 is 1.50 bits per heavy atom. The van der Waals surface area contributed by atoms with Crippen molar-refractivity contribution in [2.75, 3.05) is 26.2 Å². The van der Waals surface area contributed by atoms with Crippen molar-refractivity contribution < 1.29 is 0 Å². The van der Waals surface area contributed by atoms with Gasteiger partial charge in [0.05, 0.1) is 35.2 Å². The van der Waals surface area contributed by atoms with Crippen LogP contribution in [0.25, 0.3) is 22.1 Å². The van der Waals surface area contributed by atoms with Crippen LogP contribution in [0.3, 0.4) is 0 Å². The molecule has 0 aliphatic rings. The lowest BCUT2D eigenvalue weighted by molar-refractivity contribution is 0.200. The second-order valence-electron chi connectivity index (χ2n) is 7.14. The number of hydrogen-bond donors (Lipinski definition) is 2. The summed E-state index contributed by atoms with van der Waals surface area (Å²) < 4.78 is 0. The minimum atomic E-state index is 0.841. The van der Waals surface area contributed by atoms with E-state index in [1.165, 1.54) is 0 Å². The Morgan fingerprint density at radius 1 is 0.679 bits per heavy atom. The number of para-hydroxylation sites is 4. The smallest absolute Gasteiger partial charge is 0.121 e. The van der Waals surface area contributed by atoms with Gasteiger partial charge in [0.1, 0.15) is 11.6 Å². The number of likely N-dealkylation sites (N-methyl/N-ethyl adjacent to an activating group) is 2. The van der Waals surface area contributed by atoms with Crippen LogP contribution in [0.5, 0.6) is 0 Å². The van der Waals surface area contributed by atoms with E-state index in [2.05, 4.69) is 57.9 Å². The number of benzene rings is 2. The summed E-state index contributed by atoms with van der Waals surface area (Å²) in [6.07, 6.45) is 0. The van der Waals surface area contributed by atoms with Crippen LogP contribution in [0.15, 0.2) is 48.5 Å². The summed E-state index contributed by atoms with van der Waals surface area (Å²) in [5, 5.41) is 0. The Bertz CT molecular complexity index is 884. The fourth-order valence-electron chi connectivity index (χ4n) is 3.57. The van der Waals surface area contributed by atoms with Crippen LogP contribution in [0.4, 0.5) is 0 Å². The Labute approximate surface area is 165 Å². The molecule has 0 spiro atoms. The molecule has 28 heavy (non-hydrogen) atoms. The number of nitrogens with zero attached hydrogens (tertiary/aromatic N) is 4. The van der Waals surface area contributed by atoms with Crippen LogP contribution in [0.2, 0.25) is 0 Å². The number of fused-ring (bicyclic) bond motifs is 2. The average molecular weight is 377 g/mol. The molecule has 4 aromatic rings. The van der Waals surface area contributed by atoms with E-state index in [1.807, 2.05) is 24.3 Å². The number of imidazole rings is 2. The monoisotopic (exact) mass is 376 g/mol. The van der Waals surface area contributed by atoms with Crippen LogP contribution in [0.1, 0.15) is 25.5 Å². The standard InChI is InChI=1S/C22H28N6/c1-3-27(15-21-23-17-9-5-6-10-18(17)24-21)13-14-28(4-2)16-22-25-19-11-7-8-12-20(19)26-22/h5-12H,3-4,13-16H2,1-2H3,(H,23,24)(H,25,26). The van der Waals surface area contributed by atoms with E-state index in [-0.39, 0.29) is 0 Å². The lowest BCUT2D eigenvalue weighted by Gasteiger charge is -2.25. The predicted octanol–water partition coefficient (Wildman–Crippen LogP) is 3.78. The summed E-state index contributed by atoms with van der Waals surface area (Å²) in [5.74, 6) is 2.06. The van der Waals surface area contributed by atoms with E-state index >= 15 is 0 Å². The van der Waals surface area contributed by atoms with Gasteiger partial charge in [-0.2, -0.15) is 0 Å². The summed E-state index contributed by atoms with van der Waals surface area (Å²) in [6.45, 7) is 10.1. The SMILES string of the molecule is CCN(CCN(CC)Cc1nc2ccccc2[nH]1)Cc1nc2ccccc2[nH]1. The zero-order valence-corrected chi connectivity index (χ0v) is 16.7. The van der Waals surface area contributed by atoms with Crippen LogP contribution >= 0.6 is 0 Å². The highest BCUT2D eigenvalue weighted by Gasteiger charge is 2.12. The van der Waals surface area contributed by atoms with E-state index < -0.39 is 0 Å². The van der Waals surface area contributed by atoms with Crippen molar-refractivity contribution in [2.24, 2.45) is 0 Å². The zero-order valence-electron chi connectivity index (χ0n) is 16.7. The van der Waals surface area contributed by atoms with E-state index in [9.17, 15) is 0 Å². The van der Waals surface area contributed by atoms with E-state index in [0.717, 1.165) is 73.0 Å². The largest absolute Gasteiger partial charge is 0.341 e. The van der Waals surface area contributed by atoms with Gasteiger partial charge in [-0.15, -0.1) is 0 Å². The molecular formula is C22H28N6. The van der Waals surface area contributed by atoms with Gasteiger partial charge in [-0.3, -0.25) is 9.80 Å². The number of aromatic nitrogens is 4. The minimum absolute atomic E-state index is 0.841. The molecule has 0 aliphatic heterocycles. The van der Waals surface area contributed by atoms with Crippen molar-refractivity contribution in [3.63, 3.8) is 0 Å². The first-order valence-corrected chi connectivity index (χ1v) is 10.1. The molecule has 2 N–H and O–H groups in total. The molecule has 6 heteroatoms. The van der Waals surface area contributed by atoms with Gasteiger partial charge >= 0.3 is 0 Å². The highest BCUT2D eigenvalue weighted by molar-refractivity contribution is 5.75. The van der Waals surface area contributed by atoms with Crippen molar-refractivity contribution in [2.45, 2.75) is 26.9 Å². The van der Waals surface area contributed by atoms with Gasteiger partial charge in [-0.25, -0.2) is 9.97 Å². The number of H-pyrrole nitrogens is 2. The van der Waals surface area contributed by atoms with Crippen LogP contribution < -0.4 is 0 Å². The maximum Gasteiger partial charge on any atom is 0.121 e. The van der Waals surface area contributed by atoms with E-state index in [0.29, 0.717) is 0 Å². The normalized spacial score (nSPS) is 12.0. The van der Waals surface area contributed by atoms with Crippen molar-refractivity contribution in [3.8, 4) is 0 Å². The highest BCUT2D eigenvalue weighted by atomic mass is 15.2. The fourth-order valence-corrected chi connectivity index (χ4v) is 3.57. The van der Waals surface area contributed by atoms with Crippen molar-refractivity contribution in [1.29, 1.82) is 0 Å². The lowest BCUT2D eigenvalue weighted by atomic mass is 10.3. The van der Waals surface area contributed by atoms with Gasteiger partial charge in [0, 0.05) is 13.1 Å². The summed E-state index contributed by atoms with van der Waals surface area (Å²) in [6, 6.07) is 16.4. The minimum Gasteiger partial charge on any atom is -0.341 e. The molecule has 0 fully saturated rings. The number of hydrogen-bond acceptors (Lipinski definition) is 4. The topological polar surface area (TPSA) is 63.8 Å². The third kappa shape index (κ3) is 4.24. The van der Waals surface area contributed by atoms with Crippen LogP contribution in [-0.4, -0.2) is 55.9 Å². The molecule has 0 saturated heterocycles. The molecule has 0 saturated carbocycles. The molecule has 2 heterocycles. The van der Waals surface area contributed by atoms with Crippen LogP contribution in [0, 0.1) is 0 Å². The van der Waals surface area contributed by atoms with E-state index in [1.54, 1.807) is 0 Å². The summed E-state index contributed by atoms with van der Waals surface area (Å²) in [4.78, 5) is 21.2. The molecule has 0 radical (unpaired) electrons. The Kier molecular flexibility index (Phi) is 5.69. The number of aromatic amines is 2. The molecule has 146 valence electrons. The number of rotatable bonds is 9. The van der Waals surface area contributed by atoms with Gasteiger partial charge in [-0.1, -0.05) is 38.1 Å². The quantitative estimate of drug-likeness (QED) is 0.467. The van der Waals surface area contributed by atoms with Gasteiger partial charge in [-0.05, 0) is 37.4 Å². The maximum absolute atomic E-state index is 4.71. The Morgan fingerprint density at radius 2 is 1.11 bits per heavy atom. The molecule has 2 aromatic carbocycles. The molecule has 0 aliphatic carbocycles. The number of nitrogens with one attached hydrogen (secondary N) is 2. The summed E-state index contributed by atoms with van der Waals surface area (Å²) in [5.41, 5.74) is 4.28. The molecule has 2 aromatic heterocycles. The summed E-state index contributed by atoms with van der Waals surface area (Å²) >= 11 is 0. The van der Waals surface area contributed by atoms with Gasteiger partial charge in [0.25, 0.3) is 0 Å². The first-order valence-electron chi connectivity index (χ1n) is 10.1. The predicted molar refractivity (Wildman–Crippen MR) is 114 cm³/mol. The summed E-state index contributed by atoms with van der Waals surface area (Å²) in [7, 11) is 0. The van der Waals surface area contributed by atoms with E-state index in [4.69, 9.17) is 9.97 Å². The Balaban J connectivity index is 1.35. The first kappa shape index (κ1) is 18.7. The zero-order chi connectivity index (χ0) is 19.3. The third-order valence-corrected chi connectivity index (χ3v) is 5.25. The fraction of sp³-hybridized carbons (Fsp3) is 0.364. The molecular weight excluding hydrogens is 348 g/mol. The van der Waals surface area contributed by atoms with Crippen molar-refractivity contribution in [3.05, 3.63) is 60.2 Å². The van der Waals surface area contributed by atoms with Gasteiger partial charge in [0.2, 0.25) is 0 Å². The van der Waals surface area contributed by atoms with Crippen LogP contribution in [-0.2, 0) is 13.1 Å². The van der Waals surface area contributed by atoms with Gasteiger partial charge < -0.3 is 9.97 Å². The first-order chi connectivity index (χ1) is 13.7.